The molecular weight excluding hydrogens is 222 g/mol. The number of amides is 1. The normalized spacial score (nSPS) is 20.6. The molecule has 1 amide bonds. The first-order chi connectivity index (χ1) is 8.00. The maximum atomic E-state index is 11.7. The first-order valence-electron chi connectivity index (χ1n) is 6.14. The van der Waals surface area contributed by atoms with Crippen molar-refractivity contribution in [2.75, 3.05) is 6.61 Å². The Kier molecular flexibility index (Phi) is 4.93. The largest absolute Gasteiger partial charge is 0.481 e. The number of hydrogen-bond donors (Lipinski definition) is 3. The summed E-state index contributed by atoms with van der Waals surface area (Å²) < 4.78 is 0. The maximum absolute atomic E-state index is 11.7. The van der Waals surface area contributed by atoms with Crippen molar-refractivity contribution in [2.45, 2.75) is 51.5 Å². The van der Waals surface area contributed by atoms with Gasteiger partial charge >= 0.3 is 5.97 Å². The molecule has 0 aromatic rings. The number of nitrogens with one attached hydrogen (secondary N) is 1. The van der Waals surface area contributed by atoms with Crippen molar-refractivity contribution < 1.29 is 19.8 Å². The number of carboxylic acid groups (broad SMARTS) is 1. The summed E-state index contributed by atoms with van der Waals surface area (Å²) in [4.78, 5) is 23.0. The van der Waals surface area contributed by atoms with Gasteiger partial charge in [-0.1, -0.05) is 19.3 Å². The van der Waals surface area contributed by atoms with Gasteiger partial charge in [0.1, 0.15) is 0 Å². The van der Waals surface area contributed by atoms with Gasteiger partial charge in [0.05, 0.1) is 12.0 Å². The molecule has 0 aliphatic heterocycles. The van der Waals surface area contributed by atoms with Crippen molar-refractivity contribution in [2.24, 2.45) is 5.41 Å². The van der Waals surface area contributed by atoms with Crippen molar-refractivity contribution in [1.29, 1.82) is 0 Å². The molecule has 5 heteroatoms. The third-order valence-corrected chi connectivity index (χ3v) is 3.44. The Morgan fingerprint density at radius 1 is 1.29 bits per heavy atom. The Balaban J connectivity index is 2.60. The minimum Gasteiger partial charge on any atom is -0.481 e. The van der Waals surface area contributed by atoms with Crippen molar-refractivity contribution in [1.82, 2.24) is 5.32 Å². The van der Waals surface area contributed by atoms with Crippen LogP contribution < -0.4 is 5.32 Å². The molecule has 0 bridgehead atoms. The fraction of sp³-hybridized carbons (Fsp3) is 0.833. The van der Waals surface area contributed by atoms with E-state index in [0.717, 1.165) is 19.3 Å². The van der Waals surface area contributed by atoms with E-state index >= 15 is 0 Å². The molecule has 0 spiro atoms. The fourth-order valence-corrected chi connectivity index (χ4v) is 2.37. The van der Waals surface area contributed by atoms with Crippen LogP contribution in [0.3, 0.4) is 0 Å². The van der Waals surface area contributed by atoms with E-state index in [9.17, 15) is 14.7 Å². The van der Waals surface area contributed by atoms with E-state index in [0.29, 0.717) is 12.8 Å². The second-order valence-electron chi connectivity index (χ2n) is 4.97. The number of aliphatic carboxylic acids is 1. The highest BCUT2D eigenvalue weighted by molar-refractivity contribution is 5.85. The van der Waals surface area contributed by atoms with Crippen LogP contribution in [0, 0.1) is 5.41 Å². The van der Waals surface area contributed by atoms with Gasteiger partial charge in [-0.15, -0.1) is 0 Å². The SMILES string of the molecule is C[C@@H](CO)NC(=O)CC1(C(=O)O)CCCCC1. The van der Waals surface area contributed by atoms with E-state index in [4.69, 9.17) is 5.11 Å². The molecule has 1 saturated carbocycles. The van der Waals surface area contributed by atoms with Gasteiger partial charge < -0.3 is 15.5 Å². The van der Waals surface area contributed by atoms with Gasteiger partial charge in [0.15, 0.2) is 0 Å². The third-order valence-electron chi connectivity index (χ3n) is 3.44. The summed E-state index contributed by atoms with van der Waals surface area (Å²) in [6.45, 7) is 1.55. The molecule has 1 aliphatic carbocycles. The van der Waals surface area contributed by atoms with E-state index in [-0.39, 0.29) is 25.0 Å². The summed E-state index contributed by atoms with van der Waals surface area (Å²) in [5.74, 6) is -1.15. The van der Waals surface area contributed by atoms with E-state index in [1.54, 1.807) is 6.92 Å². The molecule has 1 atom stereocenters. The highest BCUT2D eigenvalue weighted by Gasteiger charge is 2.41. The summed E-state index contributed by atoms with van der Waals surface area (Å²) in [5, 5.41) is 20.7. The molecule has 0 unspecified atom stereocenters. The summed E-state index contributed by atoms with van der Waals surface area (Å²) in [6.07, 6.45) is 3.95. The highest BCUT2D eigenvalue weighted by Crippen LogP contribution is 2.39. The van der Waals surface area contributed by atoms with Crippen LogP contribution in [-0.2, 0) is 9.59 Å². The van der Waals surface area contributed by atoms with Crippen LogP contribution in [0.4, 0.5) is 0 Å². The van der Waals surface area contributed by atoms with E-state index in [1.165, 1.54) is 0 Å². The lowest BCUT2D eigenvalue weighted by atomic mass is 9.71. The molecule has 0 radical (unpaired) electrons. The molecule has 1 rings (SSSR count). The molecule has 1 aliphatic rings. The molecule has 0 aromatic carbocycles. The second kappa shape index (κ2) is 6.00. The molecular formula is C12H21NO4. The molecule has 17 heavy (non-hydrogen) atoms. The Morgan fingerprint density at radius 2 is 1.88 bits per heavy atom. The Morgan fingerprint density at radius 3 is 2.35 bits per heavy atom. The van der Waals surface area contributed by atoms with Gasteiger partial charge in [-0.3, -0.25) is 9.59 Å². The fourth-order valence-electron chi connectivity index (χ4n) is 2.37. The maximum Gasteiger partial charge on any atom is 0.310 e. The van der Waals surface area contributed by atoms with Gasteiger partial charge in [0.2, 0.25) is 5.91 Å². The van der Waals surface area contributed by atoms with Crippen LogP contribution >= 0.6 is 0 Å². The Bertz CT molecular complexity index is 284. The lowest BCUT2D eigenvalue weighted by Gasteiger charge is -2.32. The number of aliphatic hydroxyl groups is 1. The highest BCUT2D eigenvalue weighted by atomic mass is 16.4. The van der Waals surface area contributed by atoms with Gasteiger partial charge in [-0.2, -0.15) is 0 Å². The minimum absolute atomic E-state index is 0.0205. The molecule has 5 nitrogen and oxygen atoms in total. The lowest BCUT2D eigenvalue weighted by molar-refractivity contribution is -0.154. The standard InChI is InChI=1S/C12H21NO4/c1-9(8-14)13-10(15)7-12(11(16)17)5-3-2-4-6-12/h9,14H,2-8H2,1H3,(H,13,15)(H,16,17)/t9-/m0/s1. The van der Waals surface area contributed by atoms with Crippen molar-refractivity contribution in [3.8, 4) is 0 Å². The third kappa shape index (κ3) is 3.70. The predicted octanol–water partition coefficient (Wildman–Crippen LogP) is 0.909. The number of aliphatic hydroxyl groups excluding tert-OH is 1. The monoisotopic (exact) mass is 243 g/mol. The van der Waals surface area contributed by atoms with Crippen LogP contribution in [0.5, 0.6) is 0 Å². The van der Waals surface area contributed by atoms with E-state index in [1.807, 2.05) is 0 Å². The predicted molar refractivity (Wildman–Crippen MR) is 62.5 cm³/mol. The van der Waals surface area contributed by atoms with Crippen molar-refractivity contribution >= 4 is 11.9 Å². The second-order valence-corrected chi connectivity index (χ2v) is 4.97. The Labute approximate surface area is 101 Å². The van der Waals surface area contributed by atoms with Crippen LogP contribution in [-0.4, -0.2) is 34.7 Å². The average molecular weight is 243 g/mol. The van der Waals surface area contributed by atoms with E-state index < -0.39 is 11.4 Å². The molecule has 3 N–H and O–H groups in total. The van der Waals surface area contributed by atoms with E-state index in [2.05, 4.69) is 5.32 Å². The minimum atomic E-state index is -0.891. The number of rotatable bonds is 5. The smallest absolute Gasteiger partial charge is 0.310 e. The molecule has 0 aromatic heterocycles. The number of carbonyl (C=O) groups excluding carboxylic acids is 1. The zero-order valence-corrected chi connectivity index (χ0v) is 10.2. The van der Waals surface area contributed by atoms with Gasteiger partial charge in [-0.05, 0) is 19.8 Å². The molecule has 0 saturated heterocycles. The van der Waals surface area contributed by atoms with Gasteiger partial charge in [0, 0.05) is 12.5 Å². The van der Waals surface area contributed by atoms with Crippen LogP contribution in [0.15, 0.2) is 0 Å². The molecule has 0 heterocycles. The average Bonchev–Trinajstić information content (AvgIpc) is 2.29. The number of carbonyl (C=O) groups is 2. The van der Waals surface area contributed by atoms with Gasteiger partial charge in [-0.25, -0.2) is 0 Å². The summed E-state index contributed by atoms with van der Waals surface area (Å²) in [5.41, 5.74) is -0.891. The topological polar surface area (TPSA) is 86.6 Å². The van der Waals surface area contributed by atoms with Crippen LogP contribution in [0.25, 0.3) is 0 Å². The lowest BCUT2D eigenvalue weighted by Crippen LogP contribution is -2.42. The summed E-state index contributed by atoms with van der Waals surface area (Å²) >= 11 is 0. The summed E-state index contributed by atoms with van der Waals surface area (Å²) in [6, 6.07) is -0.322. The van der Waals surface area contributed by atoms with Crippen LogP contribution in [0.1, 0.15) is 45.4 Å². The molecule has 1 fully saturated rings. The zero-order valence-electron chi connectivity index (χ0n) is 10.2. The number of carboxylic acids is 1. The first-order valence-corrected chi connectivity index (χ1v) is 6.14. The van der Waals surface area contributed by atoms with Crippen molar-refractivity contribution in [3.63, 3.8) is 0 Å². The van der Waals surface area contributed by atoms with Crippen LogP contribution in [0.2, 0.25) is 0 Å². The quantitative estimate of drug-likeness (QED) is 0.670. The zero-order chi connectivity index (χ0) is 12.9. The molecule has 98 valence electrons. The van der Waals surface area contributed by atoms with Gasteiger partial charge in [0.25, 0.3) is 0 Å². The summed E-state index contributed by atoms with van der Waals surface area (Å²) in [7, 11) is 0. The Hall–Kier alpha value is -1.10. The van der Waals surface area contributed by atoms with Crippen molar-refractivity contribution in [3.05, 3.63) is 0 Å². The first kappa shape index (κ1) is 14.0. The number of hydrogen-bond acceptors (Lipinski definition) is 3.